The van der Waals surface area contributed by atoms with Gasteiger partial charge in [-0.1, -0.05) is 12.1 Å². The van der Waals surface area contributed by atoms with Gasteiger partial charge in [0.05, 0.1) is 24.2 Å². The van der Waals surface area contributed by atoms with Crippen molar-refractivity contribution in [3.63, 3.8) is 0 Å². The molecule has 2 aromatic rings. The van der Waals surface area contributed by atoms with Crippen molar-refractivity contribution < 1.29 is 9.15 Å². The fourth-order valence-electron chi connectivity index (χ4n) is 2.63. The molecule has 114 valence electrons. The molecule has 0 bridgehead atoms. The van der Waals surface area contributed by atoms with Crippen molar-refractivity contribution in [2.24, 2.45) is 0 Å². The first-order chi connectivity index (χ1) is 10.3. The van der Waals surface area contributed by atoms with Crippen LogP contribution in [0.5, 0.6) is 0 Å². The average molecular weight is 353 g/mol. The van der Waals surface area contributed by atoms with E-state index in [2.05, 4.69) is 38.3 Å². The lowest BCUT2D eigenvalue weighted by Gasteiger charge is -2.26. The van der Waals surface area contributed by atoms with Crippen LogP contribution in [0.15, 0.2) is 33.2 Å². The summed E-state index contributed by atoms with van der Waals surface area (Å²) in [5.74, 6) is 0.989. The molecular weight excluding hydrogens is 332 g/mol. The number of rotatable bonds is 6. The van der Waals surface area contributed by atoms with E-state index in [4.69, 9.17) is 9.15 Å². The maximum Gasteiger partial charge on any atom is 0.148 e. The molecule has 2 heterocycles. The van der Waals surface area contributed by atoms with Crippen molar-refractivity contribution in [2.75, 3.05) is 39.4 Å². The van der Waals surface area contributed by atoms with Gasteiger partial charge in [-0.15, -0.1) is 0 Å². The minimum Gasteiger partial charge on any atom is -0.459 e. The van der Waals surface area contributed by atoms with Gasteiger partial charge in [-0.25, -0.2) is 0 Å². The van der Waals surface area contributed by atoms with Crippen LogP contribution in [0.1, 0.15) is 12.2 Å². The van der Waals surface area contributed by atoms with E-state index in [1.807, 2.05) is 12.1 Å². The van der Waals surface area contributed by atoms with Gasteiger partial charge in [0.1, 0.15) is 11.3 Å². The van der Waals surface area contributed by atoms with Crippen molar-refractivity contribution in [3.05, 3.63) is 34.5 Å². The first-order valence-corrected chi connectivity index (χ1v) is 8.30. The van der Waals surface area contributed by atoms with E-state index in [1.54, 1.807) is 0 Å². The van der Waals surface area contributed by atoms with Gasteiger partial charge in [0.2, 0.25) is 0 Å². The van der Waals surface area contributed by atoms with E-state index >= 15 is 0 Å². The standard InChI is InChI=1S/C16H21BrN2O2/c17-15-4-1-3-13-11-14(21-16(13)15)12-18-5-2-6-19-7-9-20-10-8-19/h1,3-4,11,18H,2,5-10,12H2. The van der Waals surface area contributed by atoms with Crippen LogP contribution in [-0.4, -0.2) is 44.3 Å². The highest BCUT2D eigenvalue weighted by Crippen LogP contribution is 2.26. The second-order valence-electron chi connectivity index (χ2n) is 5.36. The summed E-state index contributed by atoms with van der Waals surface area (Å²) in [6.45, 7) is 6.82. The topological polar surface area (TPSA) is 37.6 Å². The van der Waals surface area contributed by atoms with Gasteiger partial charge in [-0.2, -0.15) is 0 Å². The molecule has 0 saturated carbocycles. The fraction of sp³-hybridized carbons (Fsp3) is 0.500. The highest BCUT2D eigenvalue weighted by atomic mass is 79.9. The molecule has 0 unspecified atom stereocenters. The Bertz CT molecular complexity index is 579. The monoisotopic (exact) mass is 352 g/mol. The van der Waals surface area contributed by atoms with Crippen LogP contribution in [0.4, 0.5) is 0 Å². The molecule has 1 fully saturated rings. The molecular formula is C16H21BrN2O2. The molecule has 0 aliphatic carbocycles. The number of para-hydroxylation sites is 1. The molecule has 1 aliphatic rings. The summed E-state index contributed by atoms with van der Waals surface area (Å²) in [7, 11) is 0. The van der Waals surface area contributed by atoms with Gasteiger partial charge in [-0.3, -0.25) is 4.90 Å². The number of hydrogen-bond donors (Lipinski definition) is 1. The number of morpholine rings is 1. The Morgan fingerprint density at radius 2 is 2.10 bits per heavy atom. The fourth-order valence-corrected chi connectivity index (χ4v) is 3.09. The number of hydrogen-bond acceptors (Lipinski definition) is 4. The molecule has 1 N–H and O–H groups in total. The maximum absolute atomic E-state index is 5.86. The number of halogens is 1. The van der Waals surface area contributed by atoms with E-state index in [1.165, 1.54) is 0 Å². The van der Waals surface area contributed by atoms with Gasteiger partial charge < -0.3 is 14.5 Å². The lowest BCUT2D eigenvalue weighted by atomic mass is 10.2. The zero-order valence-corrected chi connectivity index (χ0v) is 13.7. The predicted molar refractivity (Wildman–Crippen MR) is 87.5 cm³/mol. The van der Waals surface area contributed by atoms with Crippen molar-refractivity contribution in [3.8, 4) is 0 Å². The molecule has 1 aromatic carbocycles. The molecule has 21 heavy (non-hydrogen) atoms. The van der Waals surface area contributed by atoms with Gasteiger partial charge >= 0.3 is 0 Å². The van der Waals surface area contributed by atoms with E-state index in [9.17, 15) is 0 Å². The number of nitrogens with one attached hydrogen (secondary N) is 1. The predicted octanol–water partition coefficient (Wildman–Crippen LogP) is 3.01. The first-order valence-electron chi connectivity index (χ1n) is 7.51. The summed E-state index contributed by atoms with van der Waals surface area (Å²) in [5, 5.41) is 4.60. The van der Waals surface area contributed by atoms with Crippen molar-refractivity contribution in [1.82, 2.24) is 10.2 Å². The van der Waals surface area contributed by atoms with Crippen molar-refractivity contribution in [2.45, 2.75) is 13.0 Å². The highest BCUT2D eigenvalue weighted by molar-refractivity contribution is 9.10. The third kappa shape index (κ3) is 4.07. The van der Waals surface area contributed by atoms with Gasteiger partial charge in [0.25, 0.3) is 0 Å². The third-order valence-corrected chi connectivity index (χ3v) is 4.40. The van der Waals surface area contributed by atoms with Crippen LogP contribution in [-0.2, 0) is 11.3 Å². The number of nitrogens with zero attached hydrogens (tertiary/aromatic N) is 1. The summed E-state index contributed by atoms with van der Waals surface area (Å²) in [4.78, 5) is 2.46. The molecule has 3 rings (SSSR count). The largest absolute Gasteiger partial charge is 0.459 e. The van der Waals surface area contributed by atoms with Crippen LogP contribution in [0.3, 0.4) is 0 Å². The van der Waals surface area contributed by atoms with E-state index < -0.39 is 0 Å². The van der Waals surface area contributed by atoms with Gasteiger partial charge in [0.15, 0.2) is 0 Å². The van der Waals surface area contributed by atoms with Crippen molar-refractivity contribution >= 4 is 26.9 Å². The Kier molecular flexibility index (Phi) is 5.30. The third-order valence-electron chi connectivity index (χ3n) is 3.78. The summed E-state index contributed by atoms with van der Waals surface area (Å²) in [6, 6.07) is 8.22. The highest BCUT2D eigenvalue weighted by Gasteiger charge is 2.09. The molecule has 0 spiro atoms. The lowest BCUT2D eigenvalue weighted by molar-refractivity contribution is 0.0374. The minimum atomic E-state index is 0.782. The molecule has 1 aromatic heterocycles. The van der Waals surface area contributed by atoms with Crippen LogP contribution < -0.4 is 5.32 Å². The van der Waals surface area contributed by atoms with E-state index in [0.717, 1.165) is 73.6 Å². The van der Waals surface area contributed by atoms with Crippen LogP contribution >= 0.6 is 15.9 Å². The van der Waals surface area contributed by atoms with E-state index in [-0.39, 0.29) is 0 Å². The number of furan rings is 1. The van der Waals surface area contributed by atoms with Crippen molar-refractivity contribution in [1.29, 1.82) is 0 Å². The van der Waals surface area contributed by atoms with Gasteiger partial charge in [-0.05, 0) is 47.6 Å². The summed E-state index contributed by atoms with van der Waals surface area (Å²) < 4.78 is 12.2. The van der Waals surface area contributed by atoms with Crippen LogP contribution in [0.25, 0.3) is 11.0 Å². The number of fused-ring (bicyclic) bond motifs is 1. The summed E-state index contributed by atoms with van der Waals surface area (Å²) in [5.41, 5.74) is 0.933. The molecule has 0 radical (unpaired) electrons. The Hall–Kier alpha value is -0.880. The lowest BCUT2D eigenvalue weighted by Crippen LogP contribution is -2.37. The first kappa shape index (κ1) is 15.0. The average Bonchev–Trinajstić information content (AvgIpc) is 2.92. The molecule has 1 saturated heterocycles. The zero-order chi connectivity index (χ0) is 14.5. The molecule has 5 heteroatoms. The maximum atomic E-state index is 5.86. The molecule has 0 atom stereocenters. The quantitative estimate of drug-likeness (QED) is 0.811. The normalized spacial score (nSPS) is 16.6. The Labute approximate surface area is 133 Å². The summed E-state index contributed by atoms with van der Waals surface area (Å²) in [6.07, 6.45) is 1.16. The molecule has 4 nitrogen and oxygen atoms in total. The van der Waals surface area contributed by atoms with E-state index in [0.29, 0.717) is 0 Å². The SMILES string of the molecule is Brc1cccc2cc(CNCCCN3CCOCC3)oc12. The van der Waals surface area contributed by atoms with Crippen LogP contribution in [0, 0.1) is 0 Å². The Morgan fingerprint density at radius 3 is 2.90 bits per heavy atom. The summed E-state index contributed by atoms with van der Waals surface area (Å²) >= 11 is 3.52. The molecule has 1 aliphatic heterocycles. The second kappa shape index (κ2) is 7.40. The Balaban J connectivity index is 1.41. The van der Waals surface area contributed by atoms with Crippen LogP contribution in [0.2, 0.25) is 0 Å². The second-order valence-corrected chi connectivity index (χ2v) is 6.21. The number of ether oxygens (including phenoxy) is 1. The number of benzene rings is 1. The smallest absolute Gasteiger partial charge is 0.148 e. The Morgan fingerprint density at radius 1 is 1.24 bits per heavy atom. The minimum absolute atomic E-state index is 0.782. The zero-order valence-electron chi connectivity index (χ0n) is 12.1. The molecule has 0 amide bonds. The van der Waals surface area contributed by atoms with Gasteiger partial charge in [0, 0.05) is 18.5 Å².